The highest BCUT2D eigenvalue weighted by Crippen LogP contribution is 2.13. The number of hydrogen-bond donors (Lipinski definition) is 0. The summed E-state index contributed by atoms with van der Waals surface area (Å²) in [7, 11) is 1.43. The lowest BCUT2D eigenvalue weighted by Gasteiger charge is -2.06. The fourth-order valence-electron chi connectivity index (χ4n) is 1.73. The molecule has 0 spiro atoms. The molecule has 0 fully saturated rings. The Morgan fingerprint density at radius 2 is 1.53 bits per heavy atom. The van der Waals surface area contributed by atoms with Gasteiger partial charge < -0.3 is 4.74 Å². The van der Waals surface area contributed by atoms with Gasteiger partial charge in [0.25, 0.3) is 0 Å². The predicted molar refractivity (Wildman–Crippen MR) is 68.8 cm³/mol. The van der Waals surface area contributed by atoms with Gasteiger partial charge in [0, 0.05) is 12.3 Å². The standard InChI is InChI=1S/C14H26O3/c1-12(13(2)15)10-8-6-4-5-7-9-11-14(16)17-3/h12H,4-11H2,1-3H3/t12-/m1/s1. The van der Waals surface area contributed by atoms with Crippen LogP contribution < -0.4 is 0 Å². The second-order valence-electron chi connectivity index (χ2n) is 4.75. The third kappa shape index (κ3) is 10.0. The zero-order chi connectivity index (χ0) is 13.1. The number of ether oxygens (including phenoxy) is 1. The largest absolute Gasteiger partial charge is 0.469 e. The molecule has 1 atom stereocenters. The van der Waals surface area contributed by atoms with E-state index in [-0.39, 0.29) is 11.9 Å². The number of carbonyl (C=O) groups excluding carboxylic acids is 2. The second-order valence-corrected chi connectivity index (χ2v) is 4.75. The van der Waals surface area contributed by atoms with Crippen molar-refractivity contribution < 1.29 is 14.3 Å². The lowest BCUT2D eigenvalue weighted by atomic mass is 9.99. The molecule has 100 valence electrons. The smallest absolute Gasteiger partial charge is 0.305 e. The average molecular weight is 242 g/mol. The van der Waals surface area contributed by atoms with Crippen LogP contribution in [0.4, 0.5) is 0 Å². The van der Waals surface area contributed by atoms with E-state index in [0.29, 0.717) is 12.2 Å². The zero-order valence-corrected chi connectivity index (χ0v) is 11.5. The van der Waals surface area contributed by atoms with E-state index < -0.39 is 0 Å². The number of carbonyl (C=O) groups is 2. The first-order valence-electron chi connectivity index (χ1n) is 6.65. The van der Waals surface area contributed by atoms with E-state index in [0.717, 1.165) is 25.7 Å². The normalized spacial score (nSPS) is 12.2. The van der Waals surface area contributed by atoms with E-state index in [4.69, 9.17) is 0 Å². The molecule has 0 heterocycles. The molecule has 0 unspecified atom stereocenters. The second kappa shape index (κ2) is 10.3. The van der Waals surface area contributed by atoms with Gasteiger partial charge in [0.2, 0.25) is 0 Å². The molecule has 0 aromatic carbocycles. The SMILES string of the molecule is COC(=O)CCCCCCCC[C@@H](C)C(C)=O. The fourth-order valence-corrected chi connectivity index (χ4v) is 1.73. The minimum Gasteiger partial charge on any atom is -0.469 e. The monoisotopic (exact) mass is 242 g/mol. The van der Waals surface area contributed by atoms with E-state index in [2.05, 4.69) is 4.74 Å². The molecule has 0 N–H and O–H groups in total. The van der Waals surface area contributed by atoms with Crippen molar-refractivity contribution in [3.8, 4) is 0 Å². The van der Waals surface area contributed by atoms with Crippen LogP contribution in [0, 0.1) is 5.92 Å². The Bertz CT molecular complexity index is 224. The number of unbranched alkanes of at least 4 members (excludes halogenated alkanes) is 5. The first kappa shape index (κ1) is 16.1. The van der Waals surface area contributed by atoms with Crippen molar-refractivity contribution in [2.24, 2.45) is 5.92 Å². The molecule has 0 aromatic heterocycles. The summed E-state index contributed by atoms with van der Waals surface area (Å²) in [6, 6.07) is 0. The van der Waals surface area contributed by atoms with Gasteiger partial charge >= 0.3 is 5.97 Å². The maximum absolute atomic E-state index is 11.0. The quantitative estimate of drug-likeness (QED) is 0.435. The molecule has 0 rings (SSSR count). The minimum atomic E-state index is -0.111. The van der Waals surface area contributed by atoms with Crippen molar-refractivity contribution in [3.05, 3.63) is 0 Å². The summed E-state index contributed by atoms with van der Waals surface area (Å²) in [5.41, 5.74) is 0. The lowest BCUT2D eigenvalue weighted by molar-refractivity contribution is -0.140. The van der Waals surface area contributed by atoms with Gasteiger partial charge in [-0.2, -0.15) is 0 Å². The van der Waals surface area contributed by atoms with E-state index in [9.17, 15) is 9.59 Å². The summed E-state index contributed by atoms with van der Waals surface area (Å²) in [6.45, 7) is 3.66. The fraction of sp³-hybridized carbons (Fsp3) is 0.857. The van der Waals surface area contributed by atoms with Crippen LogP contribution in [0.3, 0.4) is 0 Å². The van der Waals surface area contributed by atoms with E-state index in [1.54, 1.807) is 6.92 Å². The van der Waals surface area contributed by atoms with Crippen LogP contribution in [0.25, 0.3) is 0 Å². The van der Waals surface area contributed by atoms with Crippen molar-refractivity contribution in [2.75, 3.05) is 7.11 Å². The van der Waals surface area contributed by atoms with Gasteiger partial charge in [-0.25, -0.2) is 0 Å². The van der Waals surface area contributed by atoms with E-state index in [1.165, 1.54) is 26.4 Å². The molecule has 17 heavy (non-hydrogen) atoms. The topological polar surface area (TPSA) is 43.4 Å². The van der Waals surface area contributed by atoms with Gasteiger partial charge in [-0.3, -0.25) is 9.59 Å². The van der Waals surface area contributed by atoms with Gasteiger partial charge in [0.1, 0.15) is 5.78 Å². The Morgan fingerprint density at radius 1 is 1.00 bits per heavy atom. The average Bonchev–Trinajstić information content (AvgIpc) is 2.31. The van der Waals surface area contributed by atoms with Gasteiger partial charge in [0.15, 0.2) is 0 Å². The minimum absolute atomic E-state index is 0.111. The molecular formula is C14H26O3. The molecule has 0 amide bonds. The van der Waals surface area contributed by atoms with Crippen molar-refractivity contribution in [1.82, 2.24) is 0 Å². The third-order valence-corrected chi connectivity index (χ3v) is 3.19. The highest BCUT2D eigenvalue weighted by atomic mass is 16.5. The first-order valence-corrected chi connectivity index (χ1v) is 6.65. The molecule has 0 bridgehead atoms. The van der Waals surface area contributed by atoms with Crippen LogP contribution in [0.1, 0.15) is 65.2 Å². The van der Waals surface area contributed by atoms with Crippen molar-refractivity contribution in [3.63, 3.8) is 0 Å². The van der Waals surface area contributed by atoms with Crippen LogP contribution in [-0.2, 0) is 14.3 Å². The molecule has 3 heteroatoms. The molecule has 0 aliphatic rings. The van der Waals surface area contributed by atoms with Gasteiger partial charge in [-0.1, -0.05) is 39.0 Å². The Hall–Kier alpha value is -0.860. The van der Waals surface area contributed by atoms with Gasteiger partial charge in [-0.15, -0.1) is 0 Å². The maximum atomic E-state index is 11.0. The third-order valence-electron chi connectivity index (χ3n) is 3.19. The summed E-state index contributed by atoms with van der Waals surface area (Å²) in [5, 5.41) is 0. The highest BCUT2D eigenvalue weighted by Gasteiger charge is 2.06. The lowest BCUT2D eigenvalue weighted by Crippen LogP contribution is -2.05. The molecular weight excluding hydrogens is 216 g/mol. The van der Waals surface area contributed by atoms with Crippen LogP contribution >= 0.6 is 0 Å². The summed E-state index contributed by atoms with van der Waals surface area (Å²) in [6.07, 6.45) is 8.27. The van der Waals surface area contributed by atoms with Crippen LogP contribution in [0.2, 0.25) is 0 Å². The molecule has 3 nitrogen and oxygen atoms in total. The summed E-state index contributed by atoms with van der Waals surface area (Å²) >= 11 is 0. The van der Waals surface area contributed by atoms with Gasteiger partial charge in [-0.05, 0) is 19.8 Å². The summed E-state index contributed by atoms with van der Waals surface area (Å²) < 4.78 is 4.57. The molecule has 0 aliphatic carbocycles. The van der Waals surface area contributed by atoms with Crippen LogP contribution in [-0.4, -0.2) is 18.9 Å². The van der Waals surface area contributed by atoms with Crippen molar-refractivity contribution in [2.45, 2.75) is 65.2 Å². The van der Waals surface area contributed by atoms with E-state index in [1.807, 2.05) is 6.92 Å². The first-order chi connectivity index (χ1) is 8.07. The number of Topliss-reactive ketones (excluding diaryl/α,β-unsaturated/α-hetero) is 1. The van der Waals surface area contributed by atoms with Crippen molar-refractivity contribution in [1.29, 1.82) is 0 Å². The molecule has 0 saturated carbocycles. The number of hydrogen-bond acceptors (Lipinski definition) is 3. The zero-order valence-electron chi connectivity index (χ0n) is 11.5. The summed E-state index contributed by atoms with van der Waals surface area (Å²) in [4.78, 5) is 21.8. The van der Waals surface area contributed by atoms with Crippen molar-refractivity contribution >= 4 is 11.8 Å². The predicted octanol–water partition coefficient (Wildman–Crippen LogP) is 3.51. The molecule has 0 aromatic rings. The number of rotatable bonds is 10. The Kier molecular flexibility index (Phi) is 9.78. The van der Waals surface area contributed by atoms with E-state index >= 15 is 0 Å². The Morgan fingerprint density at radius 3 is 2.06 bits per heavy atom. The Balaban J connectivity index is 3.19. The van der Waals surface area contributed by atoms with Crippen LogP contribution in [0.5, 0.6) is 0 Å². The summed E-state index contributed by atoms with van der Waals surface area (Å²) in [5.74, 6) is 0.401. The number of methoxy groups -OCH3 is 1. The number of esters is 1. The molecule has 0 radical (unpaired) electrons. The number of ketones is 1. The van der Waals surface area contributed by atoms with Crippen LogP contribution in [0.15, 0.2) is 0 Å². The maximum Gasteiger partial charge on any atom is 0.305 e. The molecule has 0 aliphatic heterocycles. The van der Waals surface area contributed by atoms with Gasteiger partial charge in [0.05, 0.1) is 7.11 Å². The molecule has 0 saturated heterocycles. The highest BCUT2D eigenvalue weighted by molar-refractivity contribution is 5.77. The Labute approximate surface area is 105 Å².